The second-order valence-corrected chi connectivity index (χ2v) is 4.34. The van der Waals surface area contributed by atoms with Crippen LogP contribution in [0.3, 0.4) is 0 Å². The van der Waals surface area contributed by atoms with E-state index < -0.39 is 0 Å². The highest BCUT2D eigenvalue weighted by Gasteiger charge is 2.20. The van der Waals surface area contributed by atoms with Gasteiger partial charge in [0.1, 0.15) is 0 Å². The summed E-state index contributed by atoms with van der Waals surface area (Å²) in [5, 5.41) is 13.5. The summed E-state index contributed by atoms with van der Waals surface area (Å²) >= 11 is 0. The Balaban J connectivity index is 1.57. The summed E-state index contributed by atoms with van der Waals surface area (Å²) in [6.45, 7) is 2.33. The van der Waals surface area contributed by atoms with Crippen LogP contribution in [-0.4, -0.2) is 42.5 Å². The third-order valence-electron chi connectivity index (χ3n) is 3.19. The van der Waals surface area contributed by atoms with Crippen molar-refractivity contribution in [1.29, 1.82) is 0 Å². The van der Waals surface area contributed by atoms with Gasteiger partial charge >= 0.3 is 0 Å². The number of aryl methyl sites for hydroxylation is 1. The van der Waals surface area contributed by atoms with E-state index in [4.69, 9.17) is 0 Å². The quantitative estimate of drug-likeness (QED) is 0.825. The molecule has 0 saturated heterocycles. The fourth-order valence-corrected chi connectivity index (χ4v) is 2.19. The molecule has 94 valence electrons. The highest BCUT2D eigenvalue weighted by atomic mass is 16.2. The number of hydrogen-bond donors (Lipinski definition) is 1. The number of nitrogens with zero attached hydrogens (tertiary/aromatic N) is 5. The van der Waals surface area contributed by atoms with E-state index in [-0.39, 0.29) is 5.91 Å². The second kappa shape index (κ2) is 4.59. The largest absolute Gasteiger partial charge is 0.348 e. The van der Waals surface area contributed by atoms with Gasteiger partial charge in [0.15, 0.2) is 5.82 Å². The number of nitrogens with one attached hydrogen (secondary N) is 1. The number of aromatic amines is 1. The van der Waals surface area contributed by atoms with E-state index in [0.29, 0.717) is 25.2 Å². The molecule has 0 unspecified atom stereocenters. The van der Waals surface area contributed by atoms with Gasteiger partial charge in [-0.3, -0.25) is 4.79 Å². The molecule has 1 N–H and O–H groups in total. The van der Waals surface area contributed by atoms with Crippen LogP contribution < -0.4 is 0 Å². The van der Waals surface area contributed by atoms with Gasteiger partial charge in [0.05, 0.1) is 6.54 Å². The van der Waals surface area contributed by atoms with Gasteiger partial charge in [0.2, 0.25) is 5.91 Å². The van der Waals surface area contributed by atoms with Crippen LogP contribution in [0.15, 0.2) is 18.3 Å². The molecule has 0 fully saturated rings. The van der Waals surface area contributed by atoms with E-state index in [1.807, 2.05) is 11.0 Å². The zero-order valence-electron chi connectivity index (χ0n) is 9.91. The maximum absolute atomic E-state index is 12.1. The number of carbonyl (C=O) groups is 1. The Morgan fingerprint density at radius 2 is 2.39 bits per heavy atom. The molecule has 2 aromatic rings. The Bertz CT molecular complexity index is 531. The molecule has 0 aliphatic carbocycles. The predicted molar refractivity (Wildman–Crippen MR) is 62.3 cm³/mol. The lowest BCUT2D eigenvalue weighted by molar-refractivity contribution is -0.132. The van der Waals surface area contributed by atoms with Gasteiger partial charge in [-0.1, -0.05) is 5.21 Å². The molecular weight excluding hydrogens is 232 g/mol. The molecule has 0 radical (unpaired) electrons. The molecule has 1 aliphatic rings. The summed E-state index contributed by atoms with van der Waals surface area (Å²) in [7, 11) is 0. The fraction of sp³-hybridized carbons (Fsp3) is 0.455. The van der Waals surface area contributed by atoms with Crippen molar-refractivity contribution in [1.82, 2.24) is 30.1 Å². The molecule has 1 aliphatic heterocycles. The van der Waals surface area contributed by atoms with Crippen LogP contribution in [0.2, 0.25) is 0 Å². The number of rotatable bonds is 3. The van der Waals surface area contributed by atoms with Crippen LogP contribution in [0.5, 0.6) is 0 Å². The first-order valence-electron chi connectivity index (χ1n) is 5.97. The second-order valence-electron chi connectivity index (χ2n) is 4.34. The van der Waals surface area contributed by atoms with E-state index in [1.54, 1.807) is 0 Å². The van der Waals surface area contributed by atoms with E-state index in [2.05, 4.69) is 37.5 Å². The van der Waals surface area contributed by atoms with Crippen LogP contribution >= 0.6 is 0 Å². The molecule has 18 heavy (non-hydrogen) atoms. The number of H-pyrrole nitrogens is 1. The first kappa shape index (κ1) is 10.9. The third-order valence-corrected chi connectivity index (χ3v) is 3.19. The van der Waals surface area contributed by atoms with Crippen molar-refractivity contribution in [3.63, 3.8) is 0 Å². The summed E-state index contributed by atoms with van der Waals surface area (Å²) in [4.78, 5) is 13.9. The van der Waals surface area contributed by atoms with Crippen molar-refractivity contribution >= 4 is 5.91 Å². The number of fused-ring (bicyclic) bond motifs is 1. The molecule has 0 aromatic carbocycles. The molecule has 0 bridgehead atoms. The van der Waals surface area contributed by atoms with E-state index in [1.165, 1.54) is 5.69 Å². The standard InChI is InChI=1S/C11H14N6O/c18-11(4-3-10-12-14-15-13-10)17-7-6-16-5-1-2-9(16)8-17/h1-2,5H,3-4,6-8H2,(H,12,13,14,15). The highest BCUT2D eigenvalue weighted by molar-refractivity contribution is 5.76. The lowest BCUT2D eigenvalue weighted by Crippen LogP contribution is -2.38. The first-order chi connectivity index (χ1) is 8.83. The van der Waals surface area contributed by atoms with Gasteiger partial charge < -0.3 is 9.47 Å². The average Bonchev–Trinajstić information content (AvgIpc) is 3.05. The topological polar surface area (TPSA) is 79.7 Å². The Hall–Kier alpha value is -2.18. The zero-order valence-corrected chi connectivity index (χ0v) is 9.91. The van der Waals surface area contributed by atoms with Crippen molar-refractivity contribution in [3.05, 3.63) is 29.8 Å². The molecule has 0 saturated carbocycles. The Morgan fingerprint density at radius 3 is 3.22 bits per heavy atom. The van der Waals surface area contributed by atoms with E-state index in [9.17, 15) is 4.79 Å². The van der Waals surface area contributed by atoms with Gasteiger partial charge in [-0.2, -0.15) is 5.21 Å². The van der Waals surface area contributed by atoms with Crippen molar-refractivity contribution in [2.45, 2.75) is 25.9 Å². The van der Waals surface area contributed by atoms with Gasteiger partial charge in [0.25, 0.3) is 0 Å². The Kier molecular flexibility index (Phi) is 2.79. The molecule has 2 aromatic heterocycles. The molecule has 0 spiro atoms. The lowest BCUT2D eigenvalue weighted by atomic mass is 10.2. The van der Waals surface area contributed by atoms with Crippen LogP contribution in [0, 0.1) is 0 Å². The van der Waals surface area contributed by atoms with E-state index in [0.717, 1.165) is 13.1 Å². The monoisotopic (exact) mass is 246 g/mol. The van der Waals surface area contributed by atoms with Crippen molar-refractivity contribution in [2.75, 3.05) is 6.54 Å². The normalized spacial score (nSPS) is 14.6. The molecule has 7 heteroatoms. The number of aromatic nitrogens is 5. The summed E-state index contributed by atoms with van der Waals surface area (Å²) < 4.78 is 2.18. The Morgan fingerprint density at radius 1 is 1.44 bits per heavy atom. The lowest BCUT2D eigenvalue weighted by Gasteiger charge is -2.28. The maximum atomic E-state index is 12.1. The predicted octanol–water partition coefficient (Wildman–Crippen LogP) is -0.0238. The maximum Gasteiger partial charge on any atom is 0.223 e. The van der Waals surface area contributed by atoms with Gasteiger partial charge in [-0.05, 0) is 12.1 Å². The zero-order chi connectivity index (χ0) is 12.4. The molecule has 0 atom stereocenters. The smallest absolute Gasteiger partial charge is 0.223 e. The first-order valence-corrected chi connectivity index (χ1v) is 5.97. The minimum atomic E-state index is 0.146. The van der Waals surface area contributed by atoms with Crippen molar-refractivity contribution in [3.8, 4) is 0 Å². The average molecular weight is 246 g/mol. The summed E-state index contributed by atoms with van der Waals surface area (Å²) in [6, 6.07) is 4.07. The molecule has 3 heterocycles. The Labute approximate surface area is 104 Å². The number of amides is 1. The van der Waals surface area contributed by atoms with Gasteiger partial charge in [0, 0.05) is 37.8 Å². The van der Waals surface area contributed by atoms with Crippen LogP contribution in [-0.2, 0) is 24.3 Å². The summed E-state index contributed by atoms with van der Waals surface area (Å²) in [5.41, 5.74) is 1.19. The van der Waals surface area contributed by atoms with Gasteiger partial charge in [-0.25, -0.2) is 0 Å². The minimum Gasteiger partial charge on any atom is -0.348 e. The summed E-state index contributed by atoms with van der Waals surface area (Å²) in [6.07, 6.45) is 3.02. The number of tetrazole rings is 1. The molecule has 7 nitrogen and oxygen atoms in total. The highest BCUT2D eigenvalue weighted by Crippen LogP contribution is 2.14. The molecule has 1 amide bonds. The number of carbonyl (C=O) groups excluding carboxylic acids is 1. The van der Waals surface area contributed by atoms with E-state index >= 15 is 0 Å². The third kappa shape index (κ3) is 2.11. The number of hydrogen-bond acceptors (Lipinski definition) is 4. The van der Waals surface area contributed by atoms with Gasteiger partial charge in [-0.15, -0.1) is 10.2 Å². The van der Waals surface area contributed by atoms with Crippen LogP contribution in [0.25, 0.3) is 0 Å². The van der Waals surface area contributed by atoms with Crippen molar-refractivity contribution < 1.29 is 4.79 Å². The van der Waals surface area contributed by atoms with Crippen molar-refractivity contribution in [2.24, 2.45) is 0 Å². The summed E-state index contributed by atoms with van der Waals surface area (Å²) in [5.74, 6) is 0.732. The SMILES string of the molecule is O=C(CCc1nn[nH]n1)N1CCn2cccc2C1. The van der Waals surface area contributed by atoms with Crippen LogP contribution in [0.1, 0.15) is 17.9 Å². The minimum absolute atomic E-state index is 0.146. The molecular formula is C11H14N6O. The van der Waals surface area contributed by atoms with Crippen LogP contribution in [0.4, 0.5) is 0 Å². The molecule has 3 rings (SSSR count). The fourth-order valence-electron chi connectivity index (χ4n) is 2.19.